The smallest absolute Gasteiger partial charge is 0.319 e. The van der Waals surface area contributed by atoms with Crippen LogP contribution < -0.4 is 10.6 Å². The van der Waals surface area contributed by atoms with Crippen LogP contribution in [0.3, 0.4) is 0 Å². The molecule has 1 atom stereocenters. The molecular formula is C19H23FN4O2. The van der Waals surface area contributed by atoms with E-state index >= 15 is 0 Å². The van der Waals surface area contributed by atoms with Gasteiger partial charge in [-0.05, 0) is 52.8 Å². The Morgan fingerprint density at radius 1 is 1.35 bits per heavy atom. The molecule has 2 aromatic heterocycles. The zero-order chi connectivity index (χ0) is 19.1. The number of hydrogen-bond acceptors (Lipinski definition) is 3. The predicted molar refractivity (Wildman–Crippen MR) is 98.7 cm³/mol. The number of nitrogens with one attached hydrogen (secondary N) is 2. The molecule has 7 heteroatoms. The Labute approximate surface area is 151 Å². The number of fused-ring (bicyclic) bond motifs is 1. The van der Waals surface area contributed by atoms with E-state index in [1.54, 1.807) is 23.1 Å². The molecule has 3 rings (SSSR count). The van der Waals surface area contributed by atoms with Crippen molar-refractivity contribution in [1.29, 1.82) is 0 Å². The van der Waals surface area contributed by atoms with Gasteiger partial charge in [0, 0.05) is 17.1 Å². The van der Waals surface area contributed by atoms with E-state index < -0.39 is 0 Å². The number of carbonyl (C=O) groups is 1. The number of anilines is 1. The molecule has 0 aliphatic rings. The molecule has 0 fully saturated rings. The van der Waals surface area contributed by atoms with Crippen LogP contribution in [0.2, 0.25) is 0 Å². The summed E-state index contributed by atoms with van der Waals surface area (Å²) in [6.07, 6.45) is 3.38. The second-order valence-corrected chi connectivity index (χ2v) is 7.40. The van der Waals surface area contributed by atoms with Gasteiger partial charge in [-0.2, -0.15) is 5.10 Å². The fourth-order valence-electron chi connectivity index (χ4n) is 2.81. The Morgan fingerprint density at radius 3 is 2.73 bits per heavy atom. The minimum Gasteiger partial charge on any atom is -0.459 e. The van der Waals surface area contributed by atoms with E-state index in [1.807, 2.05) is 34.6 Å². The second kappa shape index (κ2) is 6.48. The van der Waals surface area contributed by atoms with E-state index in [1.165, 1.54) is 12.1 Å². The maximum Gasteiger partial charge on any atom is 0.319 e. The summed E-state index contributed by atoms with van der Waals surface area (Å²) in [6.45, 7) is 9.75. The Bertz CT molecular complexity index is 952. The molecule has 0 saturated carbocycles. The Balaban J connectivity index is 1.71. The van der Waals surface area contributed by atoms with Gasteiger partial charge in [0.2, 0.25) is 0 Å². The van der Waals surface area contributed by atoms with Crippen molar-refractivity contribution >= 4 is 22.7 Å². The minimum absolute atomic E-state index is 0.162. The molecule has 1 aromatic carbocycles. The number of urea groups is 1. The summed E-state index contributed by atoms with van der Waals surface area (Å²) in [5.74, 6) is 0.285. The first-order valence-electron chi connectivity index (χ1n) is 8.46. The molecule has 2 heterocycles. The lowest BCUT2D eigenvalue weighted by Crippen LogP contribution is -2.31. The molecular weight excluding hydrogens is 335 g/mol. The van der Waals surface area contributed by atoms with Crippen molar-refractivity contribution in [3.05, 3.63) is 47.7 Å². The summed E-state index contributed by atoms with van der Waals surface area (Å²) < 4.78 is 21.0. The molecule has 6 nitrogen and oxygen atoms in total. The monoisotopic (exact) mass is 358 g/mol. The number of aryl methyl sites for hydroxylation is 1. The number of benzene rings is 1. The molecule has 2 N–H and O–H groups in total. The number of furan rings is 1. The first kappa shape index (κ1) is 18.0. The van der Waals surface area contributed by atoms with E-state index in [0.717, 1.165) is 5.56 Å². The van der Waals surface area contributed by atoms with Crippen LogP contribution in [-0.2, 0) is 5.54 Å². The van der Waals surface area contributed by atoms with Gasteiger partial charge in [-0.3, -0.25) is 4.68 Å². The van der Waals surface area contributed by atoms with Crippen LogP contribution in [0.1, 0.15) is 45.1 Å². The van der Waals surface area contributed by atoms with Crippen molar-refractivity contribution in [1.82, 2.24) is 15.1 Å². The molecule has 0 spiro atoms. The molecule has 138 valence electrons. The average molecular weight is 358 g/mol. The van der Waals surface area contributed by atoms with Gasteiger partial charge < -0.3 is 15.1 Å². The van der Waals surface area contributed by atoms with E-state index in [2.05, 4.69) is 15.7 Å². The highest BCUT2D eigenvalue weighted by Crippen LogP contribution is 2.30. The number of rotatable bonds is 3. The SMILES string of the molecule is Cc1c([C@H](C)NC(=O)Nc2cnn(C(C)(C)C)c2)oc2ccc(F)cc12. The Hall–Kier alpha value is -2.83. The van der Waals surface area contributed by atoms with Gasteiger partial charge in [-0.15, -0.1) is 0 Å². The van der Waals surface area contributed by atoms with Crippen LogP contribution in [0, 0.1) is 12.7 Å². The average Bonchev–Trinajstić information content (AvgIpc) is 3.12. The standard InChI is InChI=1S/C19H23FN4O2/c1-11-15-8-13(20)6-7-16(15)26-17(11)12(2)22-18(25)23-14-9-21-24(10-14)19(3,4)5/h6-10,12H,1-5H3,(H2,22,23,25)/t12-/m0/s1. The molecule has 0 radical (unpaired) electrons. The number of hydrogen-bond donors (Lipinski definition) is 2. The lowest BCUT2D eigenvalue weighted by atomic mass is 10.1. The zero-order valence-corrected chi connectivity index (χ0v) is 15.6. The molecule has 26 heavy (non-hydrogen) atoms. The normalized spacial score (nSPS) is 13.0. The van der Waals surface area contributed by atoms with Gasteiger partial charge in [0.15, 0.2) is 0 Å². The molecule has 0 saturated heterocycles. The maximum absolute atomic E-state index is 13.4. The van der Waals surface area contributed by atoms with Crippen LogP contribution in [0.5, 0.6) is 0 Å². The Morgan fingerprint density at radius 2 is 2.08 bits per heavy atom. The maximum atomic E-state index is 13.4. The van der Waals surface area contributed by atoms with Crippen LogP contribution in [0.4, 0.5) is 14.9 Å². The summed E-state index contributed by atoms with van der Waals surface area (Å²) in [4.78, 5) is 12.3. The summed E-state index contributed by atoms with van der Waals surface area (Å²) in [7, 11) is 0. The summed E-state index contributed by atoms with van der Waals surface area (Å²) >= 11 is 0. The number of nitrogens with zero attached hydrogens (tertiary/aromatic N) is 2. The van der Waals surface area contributed by atoms with Crippen LogP contribution in [-0.4, -0.2) is 15.8 Å². The van der Waals surface area contributed by atoms with Crippen molar-refractivity contribution in [3.8, 4) is 0 Å². The second-order valence-electron chi connectivity index (χ2n) is 7.40. The van der Waals surface area contributed by atoms with E-state index in [4.69, 9.17) is 4.42 Å². The molecule has 0 aliphatic heterocycles. The third-order valence-electron chi connectivity index (χ3n) is 4.20. The van der Waals surface area contributed by atoms with Gasteiger partial charge in [0.05, 0.1) is 23.5 Å². The van der Waals surface area contributed by atoms with Crippen molar-refractivity contribution in [2.45, 2.75) is 46.2 Å². The van der Waals surface area contributed by atoms with Crippen molar-refractivity contribution in [2.24, 2.45) is 0 Å². The van der Waals surface area contributed by atoms with Crippen LogP contribution in [0.25, 0.3) is 11.0 Å². The van der Waals surface area contributed by atoms with Crippen molar-refractivity contribution < 1.29 is 13.6 Å². The van der Waals surface area contributed by atoms with Gasteiger partial charge >= 0.3 is 6.03 Å². The van der Waals surface area contributed by atoms with E-state index in [-0.39, 0.29) is 23.4 Å². The highest BCUT2D eigenvalue weighted by Gasteiger charge is 2.20. The van der Waals surface area contributed by atoms with Crippen LogP contribution in [0.15, 0.2) is 35.0 Å². The molecule has 0 aliphatic carbocycles. The van der Waals surface area contributed by atoms with Crippen molar-refractivity contribution in [2.75, 3.05) is 5.32 Å². The molecule has 2 amide bonds. The quantitative estimate of drug-likeness (QED) is 0.712. The fraction of sp³-hybridized carbons (Fsp3) is 0.368. The van der Waals surface area contributed by atoms with Crippen LogP contribution >= 0.6 is 0 Å². The van der Waals surface area contributed by atoms with Gasteiger partial charge in [0.25, 0.3) is 0 Å². The summed E-state index contributed by atoms with van der Waals surface area (Å²) in [5.41, 5.74) is 1.85. The highest BCUT2D eigenvalue weighted by atomic mass is 19.1. The van der Waals surface area contributed by atoms with E-state index in [0.29, 0.717) is 22.4 Å². The van der Waals surface area contributed by atoms with Gasteiger partial charge in [-0.1, -0.05) is 0 Å². The largest absolute Gasteiger partial charge is 0.459 e. The number of carbonyl (C=O) groups excluding carboxylic acids is 1. The first-order valence-corrected chi connectivity index (χ1v) is 8.46. The van der Waals surface area contributed by atoms with Crippen molar-refractivity contribution in [3.63, 3.8) is 0 Å². The minimum atomic E-state index is -0.372. The lowest BCUT2D eigenvalue weighted by Gasteiger charge is -2.18. The highest BCUT2D eigenvalue weighted by molar-refractivity contribution is 5.89. The summed E-state index contributed by atoms with van der Waals surface area (Å²) in [6, 6.07) is 3.65. The molecule has 0 unspecified atom stereocenters. The fourth-order valence-corrected chi connectivity index (χ4v) is 2.81. The van der Waals surface area contributed by atoms with Gasteiger partial charge in [0.1, 0.15) is 17.2 Å². The molecule has 0 bridgehead atoms. The first-order chi connectivity index (χ1) is 12.1. The zero-order valence-electron chi connectivity index (χ0n) is 15.6. The van der Waals surface area contributed by atoms with E-state index in [9.17, 15) is 9.18 Å². The Kier molecular flexibility index (Phi) is 4.48. The summed E-state index contributed by atoms with van der Waals surface area (Å²) in [5, 5.41) is 10.6. The number of aromatic nitrogens is 2. The third-order valence-corrected chi connectivity index (χ3v) is 4.20. The predicted octanol–water partition coefficient (Wildman–Crippen LogP) is 4.71. The third kappa shape index (κ3) is 3.56. The topological polar surface area (TPSA) is 72.1 Å². The number of halogens is 1. The number of amides is 2. The molecule has 3 aromatic rings. The van der Waals surface area contributed by atoms with Gasteiger partial charge in [-0.25, -0.2) is 9.18 Å². The lowest BCUT2D eigenvalue weighted by molar-refractivity contribution is 0.248.